The number of alkyl halides is 2. The lowest BCUT2D eigenvalue weighted by Crippen LogP contribution is -2.37. The molecule has 1 aromatic carbocycles. The standard InChI is InChI=1S/C15H19F2NO3/c1-10(19)9-11-5-4-8-18(11)14(20)12-6-2-3-7-13(12)21-15(16)17/h2-3,6-7,10-11,15,19H,4-5,8-9H2,1H3. The Balaban J connectivity index is 2.19. The molecular formula is C15H19F2NO3. The topological polar surface area (TPSA) is 49.8 Å². The minimum Gasteiger partial charge on any atom is -0.434 e. The average Bonchev–Trinajstić information content (AvgIpc) is 2.85. The quantitative estimate of drug-likeness (QED) is 0.909. The Labute approximate surface area is 122 Å². The number of carbonyl (C=O) groups is 1. The number of para-hydroxylation sites is 1. The van der Waals surface area contributed by atoms with E-state index in [1.165, 1.54) is 12.1 Å². The third-order valence-corrected chi connectivity index (χ3v) is 3.58. The average molecular weight is 299 g/mol. The Hall–Kier alpha value is -1.69. The van der Waals surface area contributed by atoms with E-state index < -0.39 is 12.7 Å². The van der Waals surface area contributed by atoms with Gasteiger partial charge >= 0.3 is 6.61 Å². The highest BCUT2D eigenvalue weighted by atomic mass is 19.3. The number of carbonyl (C=O) groups excluding carboxylic acids is 1. The van der Waals surface area contributed by atoms with Crippen LogP contribution in [0.25, 0.3) is 0 Å². The minimum atomic E-state index is -2.97. The van der Waals surface area contributed by atoms with Crippen molar-refractivity contribution in [2.24, 2.45) is 0 Å². The van der Waals surface area contributed by atoms with Crippen LogP contribution in [0.2, 0.25) is 0 Å². The second-order valence-electron chi connectivity index (χ2n) is 5.25. The van der Waals surface area contributed by atoms with Gasteiger partial charge in [-0.15, -0.1) is 0 Å². The molecule has 1 N–H and O–H groups in total. The van der Waals surface area contributed by atoms with Gasteiger partial charge in [0.2, 0.25) is 0 Å². The maximum Gasteiger partial charge on any atom is 0.387 e. The van der Waals surface area contributed by atoms with E-state index in [1.54, 1.807) is 24.0 Å². The van der Waals surface area contributed by atoms with Crippen molar-refractivity contribution >= 4 is 5.91 Å². The molecule has 2 unspecified atom stereocenters. The van der Waals surface area contributed by atoms with Gasteiger partial charge in [0.05, 0.1) is 11.7 Å². The number of ether oxygens (including phenoxy) is 1. The molecule has 0 aromatic heterocycles. The number of aliphatic hydroxyl groups is 1. The van der Waals surface area contributed by atoms with Crippen LogP contribution in [0.15, 0.2) is 24.3 Å². The number of halogens is 2. The first-order chi connectivity index (χ1) is 9.99. The third-order valence-electron chi connectivity index (χ3n) is 3.58. The number of likely N-dealkylation sites (tertiary alicyclic amines) is 1. The summed E-state index contributed by atoms with van der Waals surface area (Å²) in [5, 5.41) is 9.49. The second-order valence-corrected chi connectivity index (χ2v) is 5.25. The van der Waals surface area contributed by atoms with E-state index in [0.717, 1.165) is 12.8 Å². The number of aliphatic hydroxyl groups excluding tert-OH is 1. The van der Waals surface area contributed by atoms with Crippen molar-refractivity contribution in [1.29, 1.82) is 0 Å². The monoisotopic (exact) mass is 299 g/mol. The third kappa shape index (κ3) is 3.91. The van der Waals surface area contributed by atoms with Gasteiger partial charge in [0.1, 0.15) is 5.75 Å². The summed E-state index contributed by atoms with van der Waals surface area (Å²) in [6, 6.07) is 5.95. The van der Waals surface area contributed by atoms with Crippen molar-refractivity contribution in [3.8, 4) is 5.75 Å². The van der Waals surface area contributed by atoms with Crippen LogP contribution in [0.4, 0.5) is 8.78 Å². The molecule has 21 heavy (non-hydrogen) atoms. The number of amides is 1. The highest BCUT2D eigenvalue weighted by Crippen LogP contribution is 2.27. The summed E-state index contributed by atoms with van der Waals surface area (Å²) < 4.78 is 29.2. The molecule has 116 valence electrons. The smallest absolute Gasteiger partial charge is 0.387 e. The zero-order chi connectivity index (χ0) is 15.4. The molecule has 1 aliphatic rings. The summed E-state index contributed by atoms with van der Waals surface area (Å²) in [6.45, 7) is -0.723. The first kappa shape index (κ1) is 15.7. The van der Waals surface area contributed by atoms with E-state index in [9.17, 15) is 18.7 Å². The number of benzene rings is 1. The highest BCUT2D eigenvalue weighted by Gasteiger charge is 2.31. The van der Waals surface area contributed by atoms with Gasteiger partial charge in [-0.3, -0.25) is 4.79 Å². The predicted octanol–water partition coefficient (Wildman–Crippen LogP) is 2.66. The molecule has 4 nitrogen and oxygen atoms in total. The molecule has 1 saturated heterocycles. The van der Waals surface area contributed by atoms with Gasteiger partial charge in [0.25, 0.3) is 5.91 Å². The fourth-order valence-electron chi connectivity index (χ4n) is 2.74. The van der Waals surface area contributed by atoms with E-state index in [0.29, 0.717) is 13.0 Å². The summed E-state index contributed by atoms with van der Waals surface area (Å²) in [5.41, 5.74) is 0.135. The molecule has 0 saturated carbocycles. The molecule has 0 radical (unpaired) electrons. The normalized spacial score (nSPS) is 19.9. The van der Waals surface area contributed by atoms with Crippen molar-refractivity contribution < 1.29 is 23.4 Å². The van der Waals surface area contributed by atoms with E-state index in [1.807, 2.05) is 0 Å². The Morgan fingerprint density at radius 1 is 1.48 bits per heavy atom. The van der Waals surface area contributed by atoms with Crippen molar-refractivity contribution in [2.45, 2.75) is 44.9 Å². The van der Waals surface area contributed by atoms with E-state index in [2.05, 4.69) is 4.74 Å². The van der Waals surface area contributed by atoms with Gasteiger partial charge in [-0.2, -0.15) is 8.78 Å². The largest absolute Gasteiger partial charge is 0.434 e. The van der Waals surface area contributed by atoms with Gasteiger partial charge in [0, 0.05) is 12.6 Å². The molecular weight excluding hydrogens is 280 g/mol. The van der Waals surface area contributed by atoms with Crippen molar-refractivity contribution in [1.82, 2.24) is 4.90 Å². The first-order valence-electron chi connectivity index (χ1n) is 7.02. The lowest BCUT2D eigenvalue weighted by atomic mass is 10.1. The zero-order valence-electron chi connectivity index (χ0n) is 11.8. The van der Waals surface area contributed by atoms with Gasteiger partial charge in [0.15, 0.2) is 0 Å². The number of nitrogens with zero attached hydrogens (tertiary/aromatic N) is 1. The molecule has 0 spiro atoms. The fraction of sp³-hybridized carbons (Fsp3) is 0.533. The van der Waals surface area contributed by atoms with Crippen LogP contribution in [0.3, 0.4) is 0 Å². The Morgan fingerprint density at radius 3 is 2.86 bits per heavy atom. The molecule has 1 heterocycles. The zero-order valence-corrected chi connectivity index (χ0v) is 11.8. The SMILES string of the molecule is CC(O)CC1CCCN1C(=O)c1ccccc1OC(F)F. The molecule has 2 rings (SSSR count). The molecule has 0 bridgehead atoms. The van der Waals surface area contributed by atoms with Gasteiger partial charge in [-0.05, 0) is 38.3 Å². The Morgan fingerprint density at radius 2 is 2.19 bits per heavy atom. The number of rotatable bonds is 5. The number of hydrogen-bond acceptors (Lipinski definition) is 3. The molecule has 1 aromatic rings. The maximum absolute atomic E-state index is 12.6. The highest BCUT2D eigenvalue weighted by molar-refractivity contribution is 5.97. The van der Waals surface area contributed by atoms with Crippen LogP contribution < -0.4 is 4.74 Å². The van der Waals surface area contributed by atoms with Gasteiger partial charge in [-0.25, -0.2) is 0 Å². The second kappa shape index (κ2) is 6.85. The predicted molar refractivity (Wildman–Crippen MR) is 73.4 cm³/mol. The maximum atomic E-state index is 12.6. The van der Waals surface area contributed by atoms with Crippen molar-refractivity contribution in [3.05, 3.63) is 29.8 Å². The first-order valence-corrected chi connectivity index (χ1v) is 7.02. The van der Waals surface area contributed by atoms with Crippen LogP contribution in [0, 0.1) is 0 Å². The minimum absolute atomic E-state index is 0.0582. The molecule has 2 atom stereocenters. The molecule has 1 aliphatic heterocycles. The number of hydrogen-bond donors (Lipinski definition) is 1. The van der Waals surface area contributed by atoms with Crippen LogP contribution in [-0.4, -0.2) is 41.2 Å². The molecule has 1 fully saturated rings. The van der Waals surface area contributed by atoms with E-state index in [-0.39, 0.29) is 23.3 Å². The summed E-state index contributed by atoms with van der Waals surface area (Å²) >= 11 is 0. The van der Waals surface area contributed by atoms with Crippen LogP contribution in [-0.2, 0) is 0 Å². The Bertz CT molecular complexity index is 494. The van der Waals surface area contributed by atoms with Gasteiger partial charge < -0.3 is 14.7 Å². The van der Waals surface area contributed by atoms with Gasteiger partial charge in [-0.1, -0.05) is 12.1 Å². The molecule has 6 heteroatoms. The van der Waals surface area contributed by atoms with Crippen LogP contribution in [0.5, 0.6) is 5.75 Å². The Kier molecular flexibility index (Phi) is 5.12. The van der Waals surface area contributed by atoms with Crippen molar-refractivity contribution in [3.63, 3.8) is 0 Å². The summed E-state index contributed by atoms with van der Waals surface area (Å²) in [6.07, 6.45) is 1.65. The summed E-state index contributed by atoms with van der Waals surface area (Å²) in [4.78, 5) is 14.2. The molecule has 0 aliphatic carbocycles. The lowest BCUT2D eigenvalue weighted by molar-refractivity contribution is -0.0502. The lowest BCUT2D eigenvalue weighted by Gasteiger charge is -2.26. The van der Waals surface area contributed by atoms with Crippen LogP contribution >= 0.6 is 0 Å². The van der Waals surface area contributed by atoms with E-state index in [4.69, 9.17) is 0 Å². The van der Waals surface area contributed by atoms with Crippen LogP contribution in [0.1, 0.15) is 36.5 Å². The van der Waals surface area contributed by atoms with E-state index >= 15 is 0 Å². The molecule has 1 amide bonds. The van der Waals surface area contributed by atoms with Crippen molar-refractivity contribution in [2.75, 3.05) is 6.54 Å². The fourth-order valence-corrected chi connectivity index (χ4v) is 2.74. The summed E-state index contributed by atoms with van der Waals surface area (Å²) in [7, 11) is 0. The summed E-state index contributed by atoms with van der Waals surface area (Å²) in [5.74, 6) is -0.436.